The Balaban J connectivity index is 2.61. The van der Waals surface area contributed by atoms with Crippen LogP contribution >= 0.6 is 11.8 Å². The second kappa shape index (κ2) is 3.76. The van der Waals surface area contributed by atoms with Crippen LogP contribution in [0.4, 0.5) is 0 Å². The summed E-state index contributed by atoms with van der Waals surface area (Å²) >= 11 is 1.45. The van der Waals surface area contributed by atoms with E-state index in [1.165, 1.54) is 24.9 Å². The molecule has 12 heavy (non-hydrogen) atoms. The molecule has 0 fully saturated rings. The molecule has 0 aromatic rings. The molecule has 0 bridgehead atoms. The highest BCUT2D eigenvalue weighted by Crippen LogP contribution is 2.23. The van der Waals surface area contributed by atoms with Crippen molar-refractivity contribution in [3.05, 3.63) is 11.0 Å². The van der Waals surface area contributed by atoms with Gasteiger partial charge in [0.2, 0.25) is 0 Å². The molecule has 0 N–H and O–H groups in total. The Morgan fingerprint density at radius 1 is 1.50 bits per heavy atom. The van der Waals surface area contributed by atoms with Crippen LogP contribution in [0.1, 0.15) is 13.3 Å². The molecule has 0 radical (unpaired) electrons. The van der Waals surface area contributed by atoms with Crippen molar-refractivity contribution in [2.45, 2.75) is 13.3 Å². The van der Waals surface area contributed by atoms with E-state index in [1.807, 2.05) is 6.92 Å². The molecule has 4 heteroatoms. The van der Waals surface area contributed by atoms with Crippen LogP contribution in [0.3, 0.4) is 0 Å². The lowest BCUT2D eigenvalue weighted by Gasteiger charge is -2.05. The van der Waals surface area contributed by atoms with Crippen molar-refractivity contribution in [1.82, 2.24) is 4.90 Å². The molecule has 1 heterocycles. The minimum Gasteiger partial charge on any atom is -0.278 e. The standard InChI is InChI=1S/C8H11NO2S/c1-3-4-12-6-5-7(10)9(2)8(6)11/h5H,3-4H2,1-2H3. The first kappa shape index (κ1) is 9.32. The van der Waals surface area contributed by atoms with Crippen LogP contribution in [-0.2, 0) is 9.59 Å². The van der Waals surface area contributed by atoms with Crippen LogP contribution in [0.25, 0.3) is 0 Å². The van der Waals surface area contributed by atoms with Crippen molar-refractivity contribution >= 4 is 23.6 Å². The van der Waals surface area contributed by atoms with Gasteiger partial charge < -0.3 is 0 Å². The van der Waals surface area contributed by atoms with Gasteiger partial charge in [-0.05, 0) is 12.2 Å². The monoisotopic (exact) mass is 185 g/mol. The summed E-state index contributed by atoms with van der Waals surface area (Å²) in [6.07, 6.45) is 2.41. The highest BCUT2D eigenvalue weighted by molar-refractivity contribution is 8.04. The van der Waals surface area contributed by atoms with Gasteiger partial charge in [-0.2, -0.15) is 0 Å². The van der Waals surface area contributed by atoms with Crippen molar-refractivity contribution in [3.63, 3.8) is 0 Å². The first-order chi connectivity index (χ1) is 5.66. The number of nitrogens with zero attached hydrogens (tertiary/aromatic N) is 1. The first-order valence-electron chi connectivity index (χ1n) is 3.83. The lowest BCUT2D eigenvalue weighted by molar-refractivity contribution is -0.135. The van der Waals surface area contributed by atoms with Crippen LogP contribution < -0.4 is 0 Å². The van der Waals surface area contributed by atoms with E-state index in [2.05, 4.69) is 0 Å². The topological polar surface area (TPSA) is 37.4 Å². The Labute approximate surface area is 75.8 Å². The predicted molar refractivity (Wildman–Crippen MR) is 48.6 cm³/mol. The van der Waals surface area contributed by atoms with E-state index in [-0.39, 0.29) is 11.8 Å². The molecular weight excluding hydrogens is 174 g/mol. The van der Waals surface area contributed by atoms with Gasteiger partial charge in [-0.25, -0.2) is 0 Å². The zero-order valence-electron chi connectivity index (χ0n) is 7.16. The highest BCUT2D eigenvalue weighted by Gasteiger charge is 2.27. The number of amides is 2. The van der Waals surface area contributed by atoms with Crippen LogP contribution in [0, 0.1) is 0 Å². The van der Waals surface area contributed by atoms with E-state index in [0.29, 0.717) is 4.91 Å². The maximum absolute atomic E-state index is 11.2. The summed E-state index contributed by atoms with van der Waals surface area (Å²) in [7, 11) is 1.50. The molecule has 0 aromatic carbocycles. The van der Waals surface area contributed by atoms with Gasteiger partial charge >= 0.3 is 0 Å². The number of thioether (sulfide) groups is 1. The average Bonchev–Trinajstić information content (AvgIpc) is 2.30. The van der Waals surface area contributed by atoms with E-state index in [1.54, 1.807) is 0 Å². The smallest absolute Gasteiger partial charge is 0.267 e. The van der Waals surface area contributed by atoms with Gasteiger partial charge in [-0.15, -0.1) is 11.8 Å². The number of likely N-dealkylation sites (N-methyl/N-ethyl adjacent to an activating group) is 1. The minimum absolute atomic E-state index is 0.168. The van der Waals surface area contributed by atoms with Gasteiger partial charge in [0, 0.05) is 13.1 Å². The fourth-order valence-corrected chi connectivity index (χ4v) is 1.72. The van der Waals surface area contributed by atoms with Gasteiger partial charge in [-0.1, -0.05) is 6.92 Å². The lowest BCUT2D eigenvalue weighted by atomic mass is 10.5. The molecule has 0 unspecified atom stereocenters. The third-order valence-electron chi connectivity index (χ3n) is 1.56. The number of hydrogen-bond donors (Lipinski definition) is 0. The zero-order valence-corrected chi connectivity index (χ0v) is 7.98. The molecule has 66 valence electrons. The maximum Gasteiger partial charge on any atom is 0.267 e. The number of carbonyl (C=O) groups is 2. The van der Waals surface area contributed by atoms with Crippen LogP contribution in [-0.4, -0.2) is 29.5 Å². The van der Waals surface area contributed by atoms with Crippen LogP contribution in [0.2, 0.25) is 0 Å². The summed E-state index contributed by atoms with van der Waals surface area (Å²) in [5.41, 5.74) is 0. The molecule has 0 atom stereocenters. The lowest BCUT2D eigenvalue weighted by Crippen LogP contribution is -2.25. The fourth-order valence-electron chi connectivity index (χ4n) is 0.852. The largest absolute Gasteiger partial charge is 0.278 e. The molecule has 1 aliphatic rings. The molecule has 0 aromatic heterocycles. The Morgan fingerprint density at radius 3 is 2.58 bits per heavy atom. The number of rotatable bonds is 3. The molecule has 2 amide bonds. The summed E-state index contributed by atoms with van der Waals surface area (Å²) in [4.78, 5) is 23.9. The van der Waals surface area contributed by atoms with Gasteiger partial charge in [0.05, 0.1) is 4.91 Å². The van der Waals surface area contributed by atoms with Crippen LogP contribution in [0.5, 0.6) is 0 Å². The summed E-state index contributed by atoms with van der Waals surface area (Å²) < 4.78 is 0. The van der Waals surface area contributed by atoms with E-state index < -0.39 is 0 Å². The normalized spacial score (nSPS) is 17.2. The summed E-state index contributed by atoms with van der Waals surface area (Å²) in [6, 6.07) is 0. The Hall–Kier alpha value is -0.770. The third kappa shape index (κ3) is 1.69. The quantitative estimate of drug-likeness (QED) is 0.616. The molecule has 1 rings (SSSR count). The van der Waals surface area contributed by atoms with E-state index in [0.717, 1.165) is 17.1 Å². The number of hydrogen-bond acceptors (Lipinski definition) is 3. The van der Waals surface area contributed by atoms with Gasteiger partial charge in [0.1, 0.15) is 0 Å². The maximum atomic E-state index is 11.2. The minimum atomic E-state index is -0.210. The molecule has 0 spiro atoms. The third-order valence-corrected chi connectivity index (χ3v) is 2.78. The average molecular weight is 185 g/mol. The van der Waals surface area contributed by atoms with E-state index in [9.17, 15) is 9.59 Å². The first-order valence-corrected chi connectivity index (χ1v) is 4.82. The van der Waals surface area contributed by atoms with Crippen molar-refractivity contribution in [2.75, 3.05) is 12.8 Å². The van der Waals surface area contributed by atoms with Crippen LogP contribution in [0.15, 0.2) is 11.0 Å². The predicted octanol–water partition coefficient (Wildman–Crippen LogP) is 1.01. The van der Waals surface area contributed by atoms with Crippen molar-refractivity contribution in [3.8, 4) is 0 Å². The highest BCUT2D eigenvalue weighted by atomic mass is 32.2. The zero-order chi connectivity index (χ0) is 9.14. The van der Waals surface area contributed by atoms with Gasteiger partial charge in [-0.3, -0.25) is 14.5 Å². The van der Waals surface area contributed by atoms with Crippen molar-refractivity contribution in [2.24, 2.45) is 0 Å². The summed E-state index contributed by atoms with van der Waals surface area (Å²) in [5.74, 6) is 0.510. The summed E-state index contributed by atoms with van der Waals surface area (Å²) in [5, 5.41) is 0. The Bertz CT molecular complexity index is 247. The Morgan fingerprint density at radius 2 is 2.17 bits per heavy atom. The molecule has 1 aliphatic heterocycles. The van der Waals surface area contributed by atoms with Gasteiger partial charge in [0.25, 0.3) is 11.8 Å². The SMILES string of the molecule is CCCSC1=CC(=O)N(C)C1=O. The van der Waals surface area contributed by atoms with Crippen molar-refractivity contribution < 1.29 is 9.59 Å². The molecule has 0 saturated carbocycles. The fraction of sp³-hybridized carbons (Fsp3) is 0.500. The number of carbonyl (C=O) groups excluding carboxylic acids is 2. The second-order valence-electron chi connectivity index (χ2n) is 2.56. The number of imide groups is 1. The molecule has 0 saturated heterocycles. The Kier molecular flexibility index (Phi) is 2.92. The molecule has 3 nitrogen and oxygen atoms in total. The second-order valence-corrected chi connectivity index (χ2v) is 3.70. The van der Waals surface area contributed by atoms with E-state index in [4.69, 9.17) is 0 Å². The van der Waals surface area contributed by atoms with Gasteiger partial charge in [0.15, 0.2) is 0 Å². The van der Waals surface area contributed by atoms with Crippen molar-refractivity contribution in [1.29, 1.82) is 0 Å². The summed E-state index contributed by atoms with van der Waals surface area (Å²) in [6.45, 7) is 2.04. The molecular formula is C8H11NO2S. The molecule has 0 aliphatic carbocycles. The van der Waals surface area contributed by atoms with E-state index >= 15 is 0 Å².